The van der Waals surface area contributed by atoms with Gasteiger partial charge in [0, 0.05) is 7.05 Å². The third-order valence-electron chi connectivity index (χ3n) is 0.549. The van der Waals surface area contributed by atoms with Gasteiger partial charge in [-0.1, -0.05) is 0 Å². The Labute approximate surface area is 58.0 Å². The Kier molecular flexibility index (Phi) is 5.64. The first-order chi connectivity index (χ1) is 4.81. The average Bonchev–Trinajstić information content (AvgIpc) is 1.89. The lowest BCUT2D eigenvalue weighted by Crippen LogP contribution is -2.28. The molecular weight excluding hydrogens is 139 g/mol. The minimum Gasteiger partial charge on any atom is -0.355 e. The van der Waals surface area contributed by atoms with Gasteiger partial charge in [0.1, 0.15) is 0 Å². The normalized spacial score (nSPS) is 8.50. The second-order valence-electron chi connectivity index (χ2n) is 1.23. The quantitative estimate of drug-likeness (QED) is 0.209. The lowest BCUT2D eigenvalue weighted by molar-refractivity contribution is -0.162. The molecular formula is C3H7BN2O4. The fraction of sp³-hybridized carbons (Fsp3) is 0.333. The Bertz CT molecular complexity index is 119. The Hall–Kier alpha value is -0.915. The average molecular weight is 146 g/mol. The van der Waals surface area contributed by atoms with Crippen LogP contribution >= 0.6 is 0 Å². The van der Waals surface area contributed by atoms with E-state index in [4.69, 9.17) is 0 Å². The SMILES string of the molecule is CNONOC(=O)BC=O. The van der Waals surface area contributed by atoms with E-state index in [-0.39, 0.29) is 7.28 Å². The van der Waals surface area contributed by atoms with E-state index in [0.29, 0.717) is 6.19 Å². The van der Waals surface area contributed by atoms with Gasteiger partial charge in [-0.05, 0) is 5.64 Å². The van der Waals surface area contributed by atoms with Crippen LogP contribution in [0.1, 0.15) is 0 Å². The summed E-state index contributed by atoms with van der Waals surface area (Å²) in [6.45, 7) is 0. The first-order valence-corrected chi connectivity index (χ1v) is 2.52. The summed E-state index contributed by atoms with van der Waals surface area (Å²) in [5.74, 6) is -0.703. The first-order valence-electron chi connectivity index (χ1n) is 2.52. The van der Waals surface area contributed by atoms with Gasteiger partial charge in [-0.15, -0.1) is 0 Å². The Morgan fingerprint density at radius 3 is 2.90 bits per heavy atom. The zero-order valence-corrected chi connectivity index (χ0v) is 5.42. The first kappa shape index (κ1) is 9.08. The van der Waals surface area contributed by atoms with Gasteiger partial charge in [0.2, 0.25) is 0 Å². The van der Waals surface area contributed by atoms with Crippen LogP contribution in [-0.4, -0.2) is 26.4 Å². The number of rotatable bonds is 5. The maximum absolute atomic E-state index is 10.3. The van der Waals surface area contributed by atoms with Crippen molar-refractivity contribution < 1.29 is 19.4 Å². The van der Waals surface area contributed by atoms with Gasteiger partial charge in [-0.2, -0.15) is 10.4 Å². The van der Waals surface area contributed by atoms with E-state index in [2.05, 4.69) is 15.3 Å². The van der Waals surface area contributed by atoms with Crippen molar-refractivity contribution in [3.8, 4) is 0 Å². The van der Waals surface area contributed by atoms with Crippen LogP contribution in [-0.2, 0) is 14.6 Å². The van der Waals surface area contributed by atoms with Crippen molar-refractivity contribution in [2.24, 2.45) is 0 Å². The predicted molar refractivity (Wildman–Crippen MR) is 33.7 cm³/mol. The molecule has 7 heteroatoms. The molecule has 0 aromatic rings. The fourth-order valence-corrected chi connectivity index (χ4v) is 0.219. The molecule has 0 aliphatic heterocycles. The molecule has 0 amide bonds. The second-order valence-corrected chi connectivity index (χ2v) is 1.23. The summed E-state index contributed by atoms with van der Waals surface area (Å²) in [6, 6.07) is 0. The van der Waals surface area contributed by atoms with Crippen LogP contribution in [0.5, 0.6) is 0 Å². The molecule has 0 atom stereocenters. The van der Waals surface area contributed by atoms with Gasteiger partial charge in [-0.3, -0.25) is 4.79 Å². The second kappa shape index (κ2) is 6.21. The molecule has 0 rings (SSSR count). The summed E-state index contributed by atoms with van der Waals surface area (Å²) in [5.41, 5.74) is 3.99. The van der Waals surface area contributed by atoms with Crippen LogP contribution < -0.4 is 11.1 Å². The molecule has 0 spiro atoms. The molecule has 2 N–H and O–H groups in total. The zero-order valence-electron chi connectivity index (χ0n) is 5.42. The molecule has 0 aromatic heterocycles. The Morgan fingerprint density at radius 1 is 1.70 bits per heavy atom. The Morgan fingerprint density at radius 2 is 2.40 bits per heavy atom. The molecule has 10 heavy (non-hydrogen) atoms. The maximum Gasteiger partial charge on any atom is 0.337 e. The molecule has 0 saturated carbocycles. The van der Waals surface area contributed by atoms with Crippen molar-refractivity contribution in [2.45, 2.75) is 0 Å². The summed E-state index contributed by atoms with van der Waals surface area (Å²) >= 11 is 0. The monoisotopic (exact) mass is 146 g/mol. The predicted octanol–water partition coefficient (Wildman–Crippen LogP) is -1.68. The molecule has 0 aliphatic rings. The standard InChI is InChI=1S/C3H7BN2O4/c1-5-10-6-9-3(8)4-2-7/h2,4-6H,1H3. The van der Waals surface area contributed by atoms with Crippen molar-refractivity contribution in [2.75, 3.05) is 7.05 Å². The number of hydrogen-bond donors (Lipinski definition) is 2. The highest BCUT2D eigenvalue weighted by atomic mass is 17.0. The van der Waals surface area contributed by atoms with E-state index >= 15 is 0 Å². The van der Waals surface area contributed by atoms with Crippen LogP contribution in [0.4, 0.5) is 4.79 Å². The van der Waals surface area contributed by atoms with Gasteiger partial charge in [0.05, 0.1) is 6.19 Å². The molecule has 0 unspecified atom stereocenters. The van der Waals surface area contributed by atoms with Crippen molar-refractivity contribution in [1.29, 1.82) is 0 Å². The minimum absolute atomic E-state index is 0.292. The summed E-state index contributed by atoms with van der Waals surface area (Å²) in [6.07, 6.45) is 0.434. The molecule has 0 heterocycles. The molecule has 0 aliphatic carbocycles. The third-order valence-corrected chi connectivity index (χ3v) is 0.549. The van der Waals surface area contributed by atoms with Crippen LogP contribution in [0.15, 0.2) is 0 Å². The molecule has 56 valence electrons. The number of carbonyl (C=O) groups excluding carboxylic acids is 2. The lowest BCUT2D eigenvalue weighted by atomic mass is 9.82. The molecule has 6 nitrogen and oxygen atoms in total. The van der Waals surface area contributed by atoms with Crippen molar-refractivity contribution in [3.63, 3.8) is 0 Å². The molecule has 0 saturated heterocycles. The highest BCUT2D eigenvalue weighted by Gasteiger charge is 2.02. The number of hydroxylamine groups is 1. The van der Waals surface area contributed by atoms with Crippen LogP contribution in [0, 0.1) is 0 Å². The van der Waals surface area contributed by atoms with Gasteiger partial charge in [0.25, 0.3) is 5.87 Å². The highest BCUT2D eigenvalue weighted by molar-refractivity contribution is 6.91. The van der Waals surface area contributed by atoms with E-state index < -0.39 is 5.87 Å². The van der Waals surface area contributed by atoms with Crippen LogP contribution in [0.3, 0.4) is 0 Å². The van der Waals surface area contributed by atoms with E-state index in [0.717, 1.165) is 0 Å². The Balaban J connectivity index is 3.13. The third kappa shape index (κ3) is 5.23. The summed E-state index contributed by atoms with van der Waals surface area (Å²) in [4.78, 5) is 28.3. The van der Waals surface area contributed by atoms with Gasteiger partial charge in [0.15, 0.2) is 0 Å². The van der Waals surface area contributed by atoms with E-state index in [1.165, 1.54) is 7.05 Å². The molecule has 0 bridgehead atoms. The van der Waals surface area contributed by atoms with Gasteiger partial charge in [-0.25, -0.2) is 0 Å². The number of hydrogen-bond acceptors (Lipinski definition) is 6. The molecule has 0 aromatic carbocycles. The largest absolute Gasteiger partial charge is 0.355 e. The zero-order chi connectivity index (χ0) is 7.82. The highest BCUT2D eigenvalue weighted by Crippen LogP contribution is 1.70. The fourth-order valence-electron chi connectivity index (χ4n) is 0.219. The van der Waals surface area contributed by atoms with Crippen molar-refractivity contribution in [3.05, 3.63) is 0 Å². The van der Waals surface area contributed by atoms with Crippen molar-refractivity contribution in [1.82, 2.24) is 11.1 Å². The minimum atomic E-state index is -0.703. The van der Waals surface area contributed by atoms with Crippen molar-refractivity contribution >= 4 is 19.3 Å². The number of carbonyl (C=O) groups is 2. The van der Waals surface area contributed by atoms with E-state index in [1.54, 1.807) is 5.64 Å². The summed E-state index contributed by atoms with van der Waals surface area (Å²) in [7, 11) is 1.18. The number of nitrogens with one attached hydrogen (secondary N) is 2. The van der Waals surface area contributed by atoms with E-state index in [1.807, 2.05) is 0 Å². The smallest absolute Gasteiger partial charge is 0.337 e. The summed E-state index contributed by atoms with van der Waals surface area (Å²) < 4.78 is 0. The summed E-state index contributed by atoms with van der Waals surface area (Å²) in [5, 5.41) is 0. The van der Waals surface area contributed by atoms with E-state index in [9.17, 15) is 9.59 Å². The van der Waals surface area contributed by atoms with Gasteiger partial charge < -0.3 is 9.63 Å². The maximum atomic E-state index is 10.3. The van der Waals surface area contributed by atoms with Gasteiger partial charge >= 0.3 is 7.28 Å². The topological polar surface area (TPSA) is 76.7 Å². The molecule has 0 fully saturated rings. The van der Waals surface area contributed by atoms with Crippen LogP contribution in [0.2, 0.25) is 0 Å². The lowest BCUT2D eigenvalue weighted by Gasteiger charge is -2.00. The van der Waals surface area contributed by atoms with Crippen LogP contribution in [0.25, 0.3) is 0 Å². The molecule has 0 radical (unpaired) electrons.